The lowest BCUT2D eigenvalue weighted by Crippen LogP contribution is -2.24. The molecule has 0 unspecified atom stereocenters. The Morgan fingerprint density at radius 1 is 1.12 bits per heavy atom. The van der Waals surface area contributed by atoms with Gasteiger partial charge in [0.2, 0.25) is 0 Å². The molecule has 1 aromatic carbocycles. The number of carbonyl (C=O) groups is 2. The van der Waals surface area contributed by atoms with Gasteiger partial charge < -0.3 is 5.73 Å². The van der Waals surface area contributed by atoms with Crippen LogP contribution >= 0.6 is 15.9 Å². The van der Waals surface area contributed by atoms with Crippen molar-refractivity contribution in [1.82, 2.24) is 9.88 Å². The molecule has 0 bridgehead atoms. The number of aromatic nitrogens is 1. The molecule has 0 saturated heterocycles. The van der Waals surface area contributed by atoms with Gasteiger partial charge >= 0.3 is 0 Å². The number of fused-ring (bicyclic) bond motifs is 1. The number of nitrogens with zero attached hydrogens (tertiary/aromatic N) is 1. The van der Waals surface area contributed by atoms with Crippen molar-refractivity contribution in [2.45, 2.75) is 4.90 Å². The largest absolute Gasteiger partial charge is 0.384 e. The number of carbonyl (C=O) groups excluding carboxylic acids is 2. The van der Waals surface area contributed by atoms with Crippen LogP contribution in [0.4, 0.5) is 5.82 Å². The Morgan fingerprint density at radius 2 is 1.79 bits per heavy atom. The molecule has 10 heteroatoms. The maximum absolute atomic E-state index is 12.3. The summed E-state index contributed by atoms with van der Waals surface area (Å²) in [5.74, 6) is -1.57. The number of sulfone groups is 1. The first-order valence-corrected chi connectivity index (χ1v) is 9.21. The van der Waals surface area contributed by atoms with Crippen LogP contribution in [0.25, 0.3) is 5.69 Å². The summed E-state index contributed by atoms with van der Waals surface area (Å²) < 4.78 is 24.5. The highest BCUT2D eigenvalue weighted by molar-refractivity contribution is 9.10. The standard InChI is InChI=1S/C14H10BrN3O5S/c1-24(22,23)6-2-3-9(8(15)4-6)18-10(19)5-7-11(12(18)16)14(21)17-13(7)20/h2-5H,16H2,1H3,(H,17,20,21). The molecule has 0 aliphatic carbocycles. The summed E-state index contributed by atoms with van der Waals surface area (Å²) in [6.07, 6.45) is 1.06. The highest BCUT2D eigenvalue weighted by atomic mass is 79.9. The molecule has 24 heavy (non-hydrogen) atoms. The number of nitrogens with two attached hydrogens (primary N) is 1. The lowest BCUT2D eigenvalue weighted by molar-refractivity contribution is 0.0880. The smallest absolute Gasteiger partial charge is 0.262 e. The summed E-state index contributed by atoms with van der Waals surface area (Å²) in [5.41, 5.74) is 5.39. The normalized spacial score (nSPS) is 13.8. The Hall–Kier alpha value is -2.46. The van der Waals surface area contributed by atoms with Crippen LogP contribution in [0.15, 0.2) is 38.4 Å². The molecule has 0 radical (unpaired) electrons. The Labute approximate surface area is 144 Å². The quantitative estimate of drug-likeness (QED) is 0.691. The second-order valence-corrected chi connectivity index (χ2v) is 8.03. The molecule has 1 aliphatic heterocycles. The molecule has 0 saturated carbocycles. The Bertz CT molecular complexity index is 1090. The van der Waals surface area contributed by atoms with Gasteiger partial charge in [0.15, 0.2) is 9.84 Å². The number of anilines is 1. The molecular formula is C14H10BrN3O5S. The zero-order valence-corrected chi connectivity index (χ0v) is 14.6. The molecule has 0 atom stereocenters. The van der Waals surface area contributed by atoms with Crippen LogP contribution in [-0.2, 0) is 9.84 Å². The first-order chi connectivity index (χ1) is 11.1. The van der Waals surface area contributed by atoms with E-state index in [1.807, 2.05) is 0 Å². The number of imide groups is 1. The number of rotatable bonds is 2. The van der Waals surface area contributed by atoms with Crippen LogP contribution in [-0.4, -0.2) is 31.1 Å². The summed E-state index contributed by atoms with van der Waals surface area (Å²) in [6.45, 7) is 0. The second-order valence-electron chi connectivity index (χ2n) is 5.16. The molecule has 1 aromatic heterocycles. The van der Waals surface area contributed by atoms with Crippen molar-refractivity contribution in [1.29, 1.82) is 0 Å². The van der Waals surface area contributed by atoms with E-state index < -0.39 is 27.2 Å². The zero-order chi connectivity index (χ0) is 17.8. The molecule has 1 aliphatic rings. The van der Waals surface area contributed by atoms with E-state index in [1.54, 1.807) is 0 Å². The minimum atomic E-state index is -3.43. The summed E-state index contributed by atoms with van der Waals surface area (Å²) in [7, 11) is -3.43. The molecule has 3 rings (SSSR count). The average Bonchev–Trinajstić information content (AvgIpc) is 2.74. The van der Waals surface area contributed by atoms with Crippen molar-refractivity contribution >= 4 is 43.4 Å². The second kappa shape index (κ2) is 5.28. The Kier molecular flexibility index (Phi) is 3.61. The van der Waals surface area contributed by atoms with Gasteiger partial charge in [-0.3, -0.25) is 24.3 Å². The predicted octanol–water partition coefficient (Wildman–Crippen LogP) is 0.469. The van der Waals surface area contributed by atoms with E-state index in [1.165, 1.54) is 18.2 Å². The third-order valence-electron chi connectivity index (χ3n) is 3.54. The van der Waals surface area contributed by atoms with Gasteiger partial charge in [0.1, 0.15) is 5.82 Å². The van der Waals surface area contributed by atoms with Crippen LogP contribution < -0.4 is 16.6 Å². The van der Waals surface area contributed by atoms with E-state index in [9.17, 15) is 22.8 Å². The predicted molar refractivity (Wildman–Crippen MR) is 89.1 cm³/mol. The average molecular weight is 412 g/mol. The minimum Gasteiger partial charge on any atom is -0.384 e. The van der Waals surface area contributed by atoms with Crippen LogP contribution in [0, 0.1) is 0 Å². The molecule has 8 nitrogen and oxygen atoms in total. The minimum absolute atomic E-state index is 0.0545. The molecule has 2 amide bonds. The molecule has 3 N–H and O–H groups in total. The summed E-state index contributed by atoms with van der Waals surface area (Å²) in [4.78, 5) is 35.9. The van der Waals surface area contributed by atoms with E-state index in [4.69, 9.17) is 5.73 Å². The number of halogens is 1. The third kappa shape index (κ3) is 2.43. The number of pyridine rings is 1. The first-order valence-electron chi connectivity index (χ1n) is 6.52. The SMILES string of the molecule is CS(=O)(=O)c1ccc(-n2c(N)c3c(cc2=O)C(=O)NC3=O)c(Br)c1. The highest BCUT2D eigenvalue weighted by Gasteiger charge is 2.32. The monoisotopic (exact) mass is 411 g/mol. The fourth-order valence-electron chi connectivity index (χ4n) is 2.43. The van der Waals surface area contributed by atoms with Crippen LogP contribution in [0.5, 0.6) is 0 Å². The fraction of sp³-hybridized carbons (Fsp3) is 0.0714. The van der Waals surface area contributed by atoms with E-state index in [0.29, 0.717) is 4.47 Å². The number of nitrogen functional groups attached to an aromatic ring is 1. The molecule has 0 fully saturated rings. The van der Waals surface area contributed by atoms with Crippen LogP contribution in [0.2, 0.25) is 0 Å². The lowest BCUT2D eigenvalue weighted by Gasteiger charge is -2.14. The molecule has 0 spiro atoms. The summed E-state index contributed by atoms with van der Waals surface area (Å²) in [6, 6.07) is 5.05. The topological polar surface area (TPSA) is 128 Å². The molecule has 2 aromatic rings. The zero-order valence-electron chi connectivity index (χ0n) is 12.2. The molecule has 124 valence electrons. The van der Waals surface area contributed by atoms with Gasteiger partial charge in [0.25, 0.3) is 17.4 Å². The van der Waals surface area contributed by atoms with Crippen molar-refractivity contribution in [3.8, 4) is 5.69 Å². The van der Waals surface area contributed by atoms with Gasteiger partial charge in [-0.1, -0.05) is 0 Å². The van der Waals surface area contributed by atoms with Gasteiger partial charge in [0.05, 0.1) is 21.7 Å². The molecular weight excluding hydrogens is 402 g/mol. The van der Waals surface area contributed by atoms with Crippen molar-refractivity contribution in [2.24, 2.45) is 0 Å². The van der Waals surface area contributed by atoms with Gasteiger partial charge in [-0.05, 0) is 34.1 Å². The summed E-state index contributed by atoms with van der Waals surface area (Å²) >= 11 is 3.21. The van der Waals surface area contributed by atoms with Crippen molar-refractivity contribution in [3.63, 3.8) is 0 Å². The van der Waals surface area contributed by atoms with E-state index in [0.717, 1.165) is 16.9 Å². The van der Waals surface area contributed by atoms with E-state index >= 15 is 0 Å². The van der Waals surface area contributed by atoms with Gasteiger partial charge in [-0.25, -0.2) is 8.42 Å². The number of benzene rings is 1. The van der Waals surface area contributed by atoms with Crippen LogP contribution in [0.1, 0.15) is 20.7 Å². The maximum atomic E-state index is 12.3. The Balaban J connectivity index is 2.29. The maximum Gasteiger partial charge on any atom is 0.262 e. The third-order valence-corrected chi connectivity index (χ3v) is 5.29. The number of amides is 2. The lowest BCUT2D eigenvalue weighted by atomic mass is 10.1. The van der Waals surface area contributed by atoms with Gasteiger partial charge in [0, 0.05) is 16.8 Å². The summed E-state index contributed by atoms with van der Waals surface area (Å²) in [5, 5.41) is 2.07. The number of hydrogen-bond donors (Lipinski definition) is 2. The highest BCUT2D eigenvalue weighted by Crippen LogP contribution is 2.28. The molecule has 2 heterocycles. The van der Waals surface area contributed by atoms with Gasteiger partial charge in [-0.2, -0.15) is 0 Å². The van der Waals surface area contributed by atoms with Crippen molar-refractivity contribution < 1.29 is 18.0 Å². The van der Waals surface area contributed by atoms with E-state index in [2.05, 4.69) is 21.2 Å². The van der Waals surface area contributed by atoms with Crippen molar-refractivity contribution in [3.05, 3.63) is 50.2 Å². The number of nitrogens with one attached hydrogen (secondary N) is 1. The van der Waals surface area contributed by atoms with Crippen molar-refractivity contribution in [2.75, 3.05) is 12.0 Å². The number of hydrogen-bond acceptors (Lipinski definition) is 6. The fourth-order valence-corrected chi connectivity index (χ4v) is 3.78. The van der Waals surface area contributed by atoms with Gasteiger partial charge in [-0.15, -0.1) is 0 Å². The Morgan fingerprint density at radius 3 is 2.38 bits per heavy atom. The van der Waals surface area contributed by atoms with E-state index in [-0.39, 0.29) is 27.5 Å². The van der Waals surface area contributed by atoms with Crippen LogP contribution in [0.3, 0.4) is 0 Å². The first kappa shape index (κ1) is 16.4.